The van der Waals surface area contributed by atoms with E-state index in [1.807, 2.05) is 19.9 Å². The number of ether oxygens (including phenoxy) is 1. The maximum absolute atomic E-state index is 13.2. The van der Waals surface area contributed by atoms with Gasteiger partial charge >= 0.3 is 0 Å². The van der Waals surface area contributed by atoms with Gasteiger partial charge in [-0.2, -0.15) is 10.2 Å². The Morgan fingerprint density at radius 1 is 1.19 bits per heavy atom. The lowest BCUT2D eigenvalue weighted by Gasteiger charge is -2.19. The Hall–Kier alpha value is -2.95. The molecule has 0 aliphatic carbocycles. The van der Waals surface area contributed by atoms with Gasteiger partial charge in [-0.05, 0) is 57.2 Å². The molecule has 1 unspecified atom stereocenters. The van der Waals surface area contributed by atoms with Crippen LogP contribution < -0.4 is 10.6 Å². The van der Waals surface area contributed by atoms with Crippen LogP contribution in [0.15, 0.2) is 30.6 Å². The first kappa shape index (κ1) is 28.6. The average Bonchev–Trinajstić information content (AvgIpc) is 3.50. The second-order valence-corrected chi connectivity index (χ2v) is 9.86. The first-order chi connectivity index (χ1) is 17.8. The zero-order valence-corrected chi connectivity index (χ0v) is 22.8. The van der Waals surface area contributed by atoms with Gasteiger partial charge in [0.15, 0.2) is 0 Å². The van der Waals surface area contributed by atoms with Gasteiger partial charge in [0.1, 0.15) is 22.4 Å². The smallest absolute Gasteiger partial charge is 0.270 e. The van der Waals surface area contributed by atoms with E-state index in [0.29, 0.717) is 50.3 Å². The Kier molecular flexibility index (Phi) is 10.9. The molecule has 3 heterocycles. The third-order valence-corrected chi connectivity index (χ3v) is 6.30. The van der Waals surface area contributed by atoms with Crippen molar-refractivity contribution in [2.75, 3.05) is 19.0 Å². The minimum atomic E-state index is -0.814. The van der Waals surface area contributed by atoms with Crippen LogP contribution >= 0.6 is 23.2 Å². The number of nitrogens with zero attached hydrogens (tertiary/aromatic N) is 4. The Labute approximate surface area is 226 Å². The molecule has 1 atom stereocenters. The Morgan fingerprint density at radius 2 is 2.00 bits per heavy atom. The molecule has 3 N–H and O–H groups in total. The molecule has 0 bridgehead atoms. The van der Waals surface area contributed by atoms with Gasteiger partial charge in [-0.1, -0.05) is 6.92 Å². The molecule has 0 aliphatic heterocycles. The first-order valence-corrected chi connectivity index (χ1v) is 13.1. The van der Waals surface area contributed by atoms with E-state index >= 15 is 0 Å². The number of aromatic nitrogens is 5. The molecule has 0 saturated carbocycles. The van der Waals surface area contributed by atoms with Gasteiger partial charge in [0.05, 0.1) is 5.69 Å². The van der Waals surface area contributed by atoms with Gasteiger partial charge in [-0.25, -0.2) is 4.98 Å². The van der Waals surface area contributed by atoms with Crippen LogP contribution in [0.25, 0.3) is 11.1 Å². The molecule has 0 aliphatic rings. The van der Waals surface area contributed by atoms with Crippen LogP contribution in [0.3, 0.4) is 0 Å². The van der Waals surface area contributed by atoms with Gasteiger partial charge in [0.25, 0.3) is 5.91 Å². The minimum Gasteiger partial charge on any atom is -0.385 e. The average molecular weight is 550 g/mol. The van der Waals surface area contributed by atoms with Crippen molar-refractivity contribution in [1.82, 2.24) is 30.3 Å². The fourth-order valence-electron chi connectivity index (χ4n) is 3.99. The molecule has 37 heavy (non-hydrogen) atoms. The molecule has 0 spiro atoms. The van der Waals surface area contributed by atoms with E-state index in [1.54, 1.807) is 36.3 Å². The van der Waals surface area contributed by atoms with Gasteiger partial charge < -0.3 is 15.4 Å². The topological polar surface area (TPSA) is 127 Å². The number of rotatable bonds is 14. The molecule has 3 rings (SSSR count). The fourth-order valence-corrected chi connectivity index (χ4v) is 4.30. The second kappa shape index (κ2) is 14.1. The Bertz CT molecular complexity index is 1160. The third kappa shape index (κ3) is 8.02. The van der Waals surface area contributed by atoms with E-state index in [1.165, 1.54) is 0 Å². The van der Waals surface area contributed by atoms with E-state index in [-0.39, 0.29) is 5.91 Å². The summed E-state index contributed by atoms with van der Waals surface area (Å²) in [7, 11) is 1.62. The molecular weight excluding hydrogens is 517 g/mol. The molecule has 3 aromatic heterocycles. The molecule has 3 aromatic rings. The molecule has 2 amide bonds. The number of hydrogen-bond donors (Lipinski definition) is 3. The van der Waals surface area contributed by atoms with E-state index in [4.69, 9.17) is 27.9 Å². The molecular formula is C25H33Cl2N7O3. The van der Waals surface area contributed by atoms with E-state index in [9.17, 15) is 9.59 Å². The van der Waals surface area contributed by atoms with Crippen molar-refractivity contribution in [2.45, 2.75) is 63.4 Å². The number of aromatic amines is 1. The SMILES string of the molecule is CCc1n[nH]c(C)c1-c1ccc(NC(=O)C(CCCC(Cl)Cl)NC(=O)c2ccnn2CCCOC)nc1. The molecule has 200 valence electrons. The van der Waals surface area contributed by atoms with E-state index < -0.39 is 16.8 Å². The number of pyridine rings is 1. The highest BCUT2D eigenvalue weighted by atomic mass is 35.5. The number of amides is 2. The predicted molar refractivity (Wildman–Crippen MR) is 144 cm³/mol. The van der Waals surface area contributed by atoms with Crippen molar-refractivity contribution >= 4 is 40.8 Å². The number of nitrogens with one attached hydrogen (secondary N) is 3. The van der Waals surface area contributed by atoms with E-state index in [0.717, 1.165) is 28.9 Å². The number of carbonyl (C=O) groups is 2. The summed E-state index contributed by atoms with van der Waals surface area (Å²) in [6, 6.07) is 4.42. The zero-order chi connectivity index (χ0) is 26.8. The number of methoxy groups -OCH3 is 1. The summed E-state index contributed by atoms with van der Waals surface area (Å²) < 4.78 is 6.67. The standard InChI is InChI=1S/C25H33Cl2N7O3/c1-4-18-23(16(2)32-33-18)17-9-10-22(28-15-17)31-24(35)19(7-5-8-21(26)27)30-25(36)20-11-12-29-34(20)13-6-14-37-3/h9-12,15,19,21H,4-8,13-14H2,1-3H3,(H,30,36)(H,32,33)(H,28,31,35). The summed E-state index contributed by atoms with van der Waals surface area (Å²) in [6.45, 7) is 5.07. The molecule has 0 saturated heterocycles. The highest BCUT2D eigenvalue weighted by Gasteiger charge is 2.24. The summed E-state index contributed by atoms with van der Waals surface area (Å²) in [5.74, 6) is -0.396. The van der Waals surface area contributed by atoms with Crippen LogP contribution in [0.2, 0.25) is 0 Å². The summed E-state index contributed by atoms with van der Waals surface area (Å²) in [4.78, 5) is 30.1. The second-order valence-electron chi connectivity index (χ2n) is 8.58. The lowest BCUT2D eigenvalue weighted by Crippen LogP contribution is -2.44. The molecule has 10 nitrogen and oxygen atoms in total. The summed E-state index contributed by atoms with van der Waals surface area (Å²) >= 11 is 11.7. The quantitative estimate of drug-likeness (QED) is 0.203. The third-order valence-electron chi connectivity index (χ3n) is 5.86. The maximum atomic E-state index is 13.2. The monoisotopic (exact) mass is 549 g/mol. The van der Waals surface area contributed by atoms with Crippen LogP contribution in [0.5, 0.6) is 0 Å². The normalized spacial score (nSPS) is 12.1. The highest BCUT2D eigenvalue weighted by Crippen LogP contribution is 2.26. The predicted octanol–water partition coefficient (Wildman–Crippen LogP) is 4.29. The van der Waals surface area contributed by atoms with Crippen molar-refractivity contribution in [1.29, 1.82) is 0 Å². The van der Waals surface area contributed by atoms with Gasteiger partial charge in [-0.3, -0.25) is 19.4 Å². The Balaban J connectivity index is 1.70. The lowest BCUT2D eigenvalue weighted by molar-refractivity contribution is -0.118. The van der Waals surface area contributed by atoms with Crippen LogP contribution in [0, 0.1) is 6.92 Å². The highest BCUT2D eigenvalue weighted by molar-refractivity contribution is 6.44. The van der Waals surface area contributed by atoms with Crippen molar-refractivity contribution < 1.29 is 14.3 Å². The summed E-state index contributed by atoms with van der Waals surface area (Å²) in [5, 5.41) is 17.2. The number of H-pyrrole nitrogens is 1. The van der Waals surface area contributed by atoms with Gasteiger partial charge in [0.2, 0.25) is 5.91 Å². The lowest BCUT2D eigenvalue weighted by atomic mass is 10.0. The first-order valence-electron chi connectivity index (χ1n) is 12.2. The fraction of sp³-hybridized carbons (Fsp3) is 0.480. The number of aryl methyl sites for hydroxylation is 3. The van der Waals surface area contributed by atoms with Gasteiger partial charge in [-0.15, -0.1) is 23.2 Å². The van der Waals surface area contributed by atoms with E-state index in [2.05, 4.69) is 30.9 Å². The van der Waals surface area contributed by atoms with Crippen LogP contribution in [-0.4, -0.2) is 61.4 Å². The number of hydrogen-bond acceptors (Lipinski definition) is 6. The van der Waals surface area contributed by atoms with Crippen molar-refractivity contribution in [3.05, 3.63) is 47.7 Å². The zero-order valence-electron chi connectivity index (χ0n) is 21.3. The molecule has 0 aromatic carbocycles. The number of anilines is 1. The van der Waals surface area contributed by atoms with Crippen molar-refractivity contribution in [3.8, 4) is 11.1 Å². The van der Waals surface area contributed by atoms with Crippen molar-refractivity contribution in [2.24, 2.45) is 0 Å². The van der Waals surface area contributed by atoms with Crippen LogP contribution in [0.1, 0.15) is 54.5 Å². The number of halogens is 2. The molecule has 0 fully saturated rings. The Morgan fingerprint density at radius 3 is 2.68 bits per heavy atom. The summed E-state index contributed by atoms with van der Waals surface area (Å²) in [5.41, 5.74) is 4.19. The number of carbonyl (C=O) groups excluding carboxylic acids is 2. The largest absolute Gasteiger partial charge is 0.385 e. The van der Waals surface area contributed by atoms with Crippen LogP contribution in [-0.2, 0) is 22.5 Å². The summed E-state index contributed by atoms with van der Waals surface area (Å²) in [6.07, 6.45) is 6.15. The minimum absolute atomic E-state index is 0.359. The van der Waals surface area contributed by atoms with Gasteiger partial charge in [0, 0.05) is 49.5 Å². The van der Waals surface area contributed by atoms with Crippen LogP contribution in [0.4, 0.5) is 5.82 Å². The maximum Gasteiger partial charge on any atom is 0.270 e. The van der Waals surface area contributed by atoms with Crippen molar-refractivity contribution in [3.63, 3.8) is 0 Å². The molecule has 0 radical (unpaired) electrons. The number of alkyl halides is 2. The molecule has 12 heteroatoms.